The Morgan fingerprint density at radius 2 is 2.14 bits per heavy atom. The minimum absolute atomic E-state index is 0.0388. The van der Waals surface area contributed by atoms with Crippen LogP contribution in [0.2, 0.25) is 0 Å². The van der Waals surface area contributed by atoms with E-state index in [1.807, 2.05) is 24.3 Å². The first-order chi connectivity index (χ1) is 10.2. The summed E-state index contributed by atoms with van der Waals surface area (Å²) >= 11 is 0. The van der Waals surface area contributed by atoms with Crippen LogP contribution in [0.15, 0.2) is 30.4 Å². The highest BCUT2D eigenvalue weighted by molar-refractivity contribution is 5.89. The Hall–Kier alpha value is -1.61. The van der Waals surface area contributed by atoms with E-state index >= 15 is 0 Å². The Kier molecular flexibility index (Phi) is 8.44. The fourth-order valence-corrected chi connectivity index (χ4v) is 2.15. The monoisotopic (exact) mass is 290 g/mol. The van der Waals surface area contributed by atoms with E-state index in [0.29, 0.717) is 18.6 Å². The Morgan fingerprint density at radius 1 is 1.33 bits per heavy atom. The predicted octanol–water partition coefficient (Wildman–Crippen LogP) is 3.83. The van der Waals surface area contributed by atoms with Gasteiger partial charge < -0.3 is 9.84 Å². The molecule has 0 saturated heterocycles. The first kappa shape index (κ1) is 17.4. The van der Waals surface area contributed by atoms with E-state index in [2.05, 4.69) is 6.92 Å². The van der Waals surface area contributed by atoms with Crippen molar-refractivity contribution in [3.05, 3.63) is 41.5 Å². The molecule has 0 aliphatic rings. The van der Waals surface area contributed by atoms with Crippen LogP contribution in [0.5, 0.6) is 5.75 Å². The molecule has 1 rings (SSSR count). The van der Waals surface area contributed by atoms with Gasteiger partial charge >= 0.3 is 0 Å². The molecule has 1 N–H and O–H groups in total. The lowest BCUT2D eigenvalue weighted by Gasteiger charge is -2.08. The molecule has 0 aliphatic carbocycles. The second kappa shape index (κ2) is 10.2. The van der Waals surface area contributed by atoms with Crippen molar-refractivity contribution in [3.8, 4) is 5.75 Å². The first-order valence-electron chi connectivity index (χ1n) is 7.67. The molecule has 0 fully saturated rings. The van der Waals surface area contributed by atoms with Crippen molar-refractivity contribution in [2.24, 2.45) is 0 Å². The van der Waals surface area contributed by atoms with Gasteiger partial charge in [0, 0.05) is 12.0 Å². The van der Waals surface area contributed by atoms with Gasteiger partial charge in [0.05, 0.1) is 13.7 Å². The number of allylic oxidation sites excluding steroid dienone is 2. The summed E-state index contributed by atoms with van der Waals surface area (Å²) in [5, 5.41) is 9.17. The molecule has 0 aromatic heterocycles. The molecule has 0 amide bonds. The van der Waals surface area contributed by atoms with Crippen LogP contribution >= 0.6 is 0 Å². The van der Waals surface area contributed by atoms with Crippen LogP contribution in [0.25, 0.3) is 0 Å². The van der Waals surface area contributed by atoms with Gasteiger partial charge in [-0.05, 0) is 37.0 Å². The first-order valence-corrected chi connectivity index (χ1v) is 7.67. The van der Waals surface area contributed by atoms with Crippen molar-refractivity contribution in [2.75, 3.05) is 7.11 Å². The average molecular weight is 290 g/mol. The second-order valence-corrected chi connectivity index (χ2v) is 5.17. The van der Waals surface area contributed by atoms with Crippen LogP contribution in [-0.2, 0) is 17.8 Å². The maximum Gasteiger partial charge on any atom is 0.155 e. The molecule has 0 bridgehead atoms. The summed E-state index contributed by atoms with van der Waals surface area (Å²) in [4.78, 5) is 11.8. The molecule has 1 aromatic rings. The summed E-state index contributed by atoms with van der Waals surface area (Å²) in [7, 11) is 1.59. The van der Waals surface area contributed by atoms with Crippen LogP contribution in [0.1, 0.15) is 50.2 Å². The highest BCUT2D eigenvalue weighted by Gasteiger charge is 2.05. The fourth-order valence-electron chi connectivity index (χ4n) is 2.15. The molecule has 3 heteroatoms. The Bertz CT molecular complexity index is 464. The smallest absolute Gasteiger partial charge is 0.155 e. The van der Waals surface area contributed by atoms with E-state index in [1.165, 1.54) is 12.8 Å². The molecule has 0 spiro atoms. The summed E-state index contributed by atoms with van der Waals surface area (Å²) in [6.45, 7) is 2.13. The highest BCUT2D eigenvalue weighted by Crippen LogP contribution is 2.21. The number of hydrogen-bond donors (Lipinski definition) is 1. The Balaban J connectivity index is 2.42. The minimum atomic E-state index is -0.0388. The van der Waals surface area contributed by atoms with Gasteiger partial charge in [-0.15, -0.1) is 0 Å². The lowest BCUT2D eigenvalue weighted by atomic mass is 10.0. The molecule has 0 saturated carbocycles. The van der Waals surface area contributed by atoms with Gasteiger partial charge in [-0.25, -0.2) is 0 Å². The number of aliphatic hydroxyl groups is 1. The summed E-state index contributed by atoms with van der Waals surface area (Å²) in [5.41, 5.74) is 1.82. The van der Waals surface area contributed by atoms with Crippen molar-refractivity contribution < 1.29 is 14.6 Å². The number of methoxy groups -OCH3 is 1. The van der Waals surface area contributed by atoms with Crippen molar-refractivity contribution in [1.29, 1.82) is 0 Å². The topological polar surface area (TPSA) is 46.5 Å². The van der Waals surface area contributed by atoms with Crippen LogP contribution in [0.4, 0.5) is 0 Å². The van der Waals surface area contributed by atoms with E-state index in [9.17, 15) is 9.90 Å². The number of benzene rings is 1. The van der Waals surface area contributed by atoms with E-state index in [4.69, 9.17) is 4.74 Å². The number of ether oxygens (including phenoxy) is 1. The number of aliphatic hydroxyl groups excluding tert-OH is 1. The molecule has 0 aliphatic heterocycles. The molecule has 1 aromatic carbocycles. The van der Waals surface area contributed by atoms with Crippen molar-refractivity contribution in [1.82, 2.24) is 0 Å². The zero-order valence-electron chi connectivity index (χ0n) is 13.1. The van der Waals surface area contributed by atoms with Crippen molar-refractivity contribution in [3.63, 3.8) is 0 Å². The van der Waals surface area contributed by atoms with Gasteiger partial charge in [-0.1, -0.05) is 38.0 Å². The number of aryl methyl sites for hydroxylation is 1. The standard InChI is InChI=1S/C18H26O3/c1-3-4-5-6-7-8-17(20)12-10-15-9-11-16(14-19)18(13-15)21-2/h7-9,11,13,19H,3-6,10,12,14H2,1-2H3/b8-7+. The third-order valence-corrected chi connectivity index (χ3v) is 3.46. The summed E-state index contributed by atoms with van der Waals surface area (Å²) < 4.78 is 5.23. The van der Waals surface area contributed by atoms with Crippen LogP contribution in [0, 0.1) is 0 Å². The molecule has 0 heterocycles. The Labute approximate surface area is 127 Å². The molecule has 3 nitrogen and oxygen atoms in total. The molecular weight excluding hydrogens is 264 g/mol. The van der Waals surface area contributed by atoms with Gasteiger partial charge in [-0.3, -0.25) is 4.79 Å². The summed E-state index contributed by atoms with van der Waals surface area (Å²) in [6.07, 6.45) is 9.44. The summed E-state index contributed by atoms with van der Waals surface area (Å²) in [6, 6.07) is 5.68. The molecule has 116 valence electrons. The summed E-state index contributed by atoms with van der Waals surface area (Å²) in [5.74, 6) is 0.842. The molecule has 0 radical (unpaired) electrons. The molecular formula is C18H26O3. The predicted molar refractivity (Wildman–Crippen MR) is 85.5 cm³/mol. The van der Waals surface area contributed by atoms with E-state index in [-0.39, 0.29) is 12.4 Å². The van der Waals surface area contributed by atoms with Crippen LogP contribution < -0.4 is 4.74 Å². The second-order valence-electron chi connectivity index (χ2n) is 5.17. The quantitative estimate of drug-likeness (QED) is 0.526. The van der Waals surface area contributed by atoms with Crippen LogP contribution in [0.3, 0.4) is 0 Å². The third-order valence-electron chi connectivity index (χ3n) is 3.46. The Morgan fingerprint density at radius 3 is 2.81 bits per heavy atom. The number of rotatable bonds is 10. The lowest BCUT2D eigenvalue weighted by molar-refractivity contribution is -0.114. The third kappa shape index (κ3) is 6.58. The molecule has 21 heavy (non-hydrogen) atoms. The SMILES string of the molecule is CCCCC/C=C/C(=O)CCc1ccc(CO)c(OC)c1. The van der Waals surface area contributed by atoms with Gasteiger partial charge in [0.15, 0.2) is 5.78 Å². The maximum atomic E-state index is 11.8. The van der Waals surface area contributed by atoms with Gasteiger partial charge in [-0.2, -0.15) is 0 Å². The zero-order valence-corrected chi connectivity index (χ0v) is 13.1. The van der Waals surface area contributed by atoms with Gasteiger partial charge in [0.1, 0.15) is 5.75 Å². The molecule has 0 atom stereocenters. The largest absolute Gasteiger partial charge is 0.496 e. The number of hydrogen-bond acceptors (Lipinski definition) is 3. The molecule has 0 unspecified atom stereocenters. The fraction of sp³-hybridized carbons (Fsp3) is 0.500. The number of carbonyl (C=O) groups excluding carboxylic acids is 1. The van der Waals surface area contributed by atoms with E-state index in [1.54, 1.807) is 13.2 Å². The number of carbonyl (C=O) groups is 1. The average Bonchev–Trinajstić information content (AvgIpc) is 2.52. The van der Waals surface area contributed by atoms with Crippen molar-refractivity contribution >= 4 is 5.78 Å². The van der Waals surface area contributed by atoms with Gasteiger partial charge in [0.25, 0.3) is 0 Å². The van der Waals surface area contributed by atoms with Gasteiger partial charge in [0.2, 0.25) is 0 Å². The van der Waals surface area contributed by atoms with Crippen molar-refractivity contribution in [2.45, 2.75) is 52.1 Å². The minimum Gasteiger partial charge on any atom is -0.496 e. The lowest BCUT2D eigenvalue weighted by Crippen LogP contribution is -1.98. The maximum absolute atomic E-state index is 11.8. The van der Waals surface area contributed by atoms with E-state index < -0.39 is 0 Å². The number of ketones is 1. The van der Waals surface area contributed by atoms with E-state index in [0.717, 1.165) is 24.0 Å². The highest BCUT2D eigenvalue weighted by atomic mass is 16.5. The number of unbranched alkanes of at least 4 members (excludes halogenated alkanes) is 3. The van der Waals surface area contributed by atoms with Crippen LogP contribution in [-0.4, -0.2) is 18.0 Å². The normalized spacial score (nSPS) is 11.0. The zero-order chi connectivity index (χ0) is 15.5.